The van der Waals surface area contributed by atoms with E-state index in [0.29, 0.717) is 27.3 Å². The highest BCUT2D eigenvalue weighted by Gasteiger charge is 2.35. The molecule has 1 saturated heterocycles. The van der Waals surface area contributed by atoms with Crippen molar-refractivity contribution in [3.63, 3.8) is 0 Å². The van der Waals surface area contributed by atoms with Crippen LogP contribution in [0.15, 0.2) is 70.6 Å². The SMILES string of the molecule is COc1cc(C=C2SC(=Nc3c(C)cccc3C)N(c3ccccc3)C2=O)cc(OC)c1OC. The van der Waals surface area contributed by atoms with Crippen molar-refractivity contribution in [1.29, 1.82) is 0 Å². The first-order chi connectivity index (χ1) is 16.5. The fourth-order valence-electron chi connectivity index (χ4n) is 3.77. The molecule has 0 radical (unpaired) electrons. The van der Waals surface area contributed by atoms with Gasteiger partial charge in [0.1, 0.15) is 0 Å². The van der Waals surface area contributed by atoms with Crippen molar-refractivity contribution in [2.45, 2.75) is 13.8 Å². The smallest absolute Gasteiger partial charge is 0.271 e. The van der Waals surface area contributed by atoms with Gasteiger partial charge in [-0.05, 0) is 72.6 Å². The zero-order valence-corrected chi connectivity index (χ0v) is 20.6. The van der Waals surface area contributed by atoms with E-state index in [2.05, 4.69) is 0 Å². The molecular formula is C27H26N2O4S. The lowest BCUT2D eigenvalue weighted by Gasteiger charge is -2.16. The quantitative estimate of drug-likeness (QED) is 0.402. The van der Waals surface area contributed by atoms with Crippen LogP contribution < -0.4 is 19.1 Å². The molecule has 0 saturated carbocycles. The van der Waals surface area contributed by atoms with Crippen LogP contribution in [-0.2, 0) is 4.79 Å². The first-order valence-corrected chi connectivity index (χ1v) is 11.5. The molecule has 3 aromatic rings. The number of thioether (sulfide) groups is 1. The molecule has 0 aromatic heterocycles. The number of hydrogen-bond donors (Lipinski definition) is 0. The van der Waals surface area contributed by atoms with Crippen molar-refractivity contribution in [3.8, 4) is 17.2 Å². The Morgan fingerprint density at radius 3 is 2.03 bits per heavy atom. The molecule has 1 fully saturated rings. The number of nitrogens with zero attached hydrogens (tertiary/aromatic N) is 2. The first-order valence-electron chi connectivity index (χ1n) is 10.7. The van der Waals surface area contributed by atoms with Crippen molar-refractivity contribution in [1.82, 2.24) is 0 Å². The van der Waals surface area contributed by atoms with Crippen LogP contribution in [0, 0.1) is 13.8 Å². The van der Waals surface area contributed by atoms with Gasteiger partial charge in [-0.3, -0.25) is 9.69 Å². The Bertz CT molecular complexity index is 1240. The number of carbonyl (C=O) groups excluding carboxylic acids is 1. The third-order valence-corrected chi connectivity index (χ3v) is 6.42. The summed E-state index contributed by atoms with van der Waals surface area (Å²) in [6.07, 6.45) is 1.82. The van der Waals surface area contributed by atoms with Crippen LogP contribution in [0.5, 0.6) is 17.2 Å². The van der Waals surface area contributed by atoms with Gasteiger partial charge in [0.15, 0.2) is 16.7 Å². The lowest BCUT2D eigenvalue weighted by Crippen LogP contribution is -2.28. The van der Waals surface area contributed by atoms with Crippen LogP contribution >= 0.6 is 11.8 Å². The number of para-hydroxylation sites is 2. The molecule has 1 aliphatic rings. The van der Waals surface area contributed by atoms with Crippen LogP contribution in [0.25, 0.3) is 6.08 Å². The predicted octanol–water partition coefficient (Wildman–Crippen LogP) is 6.14. The Kier molecular flexibility index (Phi) is 6.93. The predicted molar refractivity (Wildman–Crippen MR) is 139 cm³/mol. The number of anilines is 1. The van der Waals surface area contributed by atoms with E-state index >= 15 is 0 Å². The third-order valence-electron chi connectivity index (χ3n) is 5.45. The molecule has 0 aliphatic carbocycles. The van der Waals surface area contributed by atoms with Crippen LogP contribution in [0.4, 0.5) is 11.4 Å². The Hall–Kier alpha value is -3.71. The van der Waals surface area contributed by atoms with Gasteiger partial charge in [-0.15, -0.1) is 0 Å². The summed E-state index contributed by atoms with van der Waals surface area (Å²) in [6, 6.07) is 19.2. The standard InChI is InChI=1S/C27H26N2O4S/c1-17-10-9-11-18(2)24(17)28-27-29(20-12-7-6-8-13-20)26(30)23(34-27)16-19-14-21(31-3)25(33-5)22(15-19)32-4/h6-16H,1-5H3. The maximum atomic E-state index is 13.6. The van der Waals surface area contributed by atoms with Crippen molar-refractivity contribution in [2.75, 3.05) is 26.2 Å². The van der Waals surface area contributed by atoms with Gasteiger partial charge in [0.25, 0.3) is 5.91 Å². The Labute approximate surface area is 203 Å². The molecule has 3 aromatic carbocycles. The molecule has 0 atom stereocenters. The van der Waals surface area contributed by atoms with Crippen molar-refractivity contribution in [2.24, 2.45) is 4.99 Å². The number of amides is 1. The average Bonchev–Trinajstić information content (AvgIpc) is 3.15. The van der Waals surface area contributed by atoms with Crippen LogP contribution in [-0.4, -0.2) is 32.4 Å². The highest BCUT2D eigenvalue weighted by molar-refractivity contribution is 8.19. The summed E-state index contributed by atoms with van der Waals surface area (Å²) in [5.41, 5.74) is 4.49. The molecule has 0 spiro atoms. The second kappa shape index (κ2) is 10.1. The maximum Gasteiger partial charge on any atom is 0.271 e. The largest absolute Gasteiger partial charge is 0.493 e. The number of carbonyl (C=O) groups is 1. The number of ether oxygens (including phenoxy) is 3. The summed E-state index contributed by atoms with van der Waals surface area (Å²) in [6.45, 7) is 4.04. The number of amidine groups is 1. The van der Waals surface area contributed by atoms with Gasteiger partial charge in [-0.1, -0.05) is 36.4 Å². The van der Waals surface area contributed by atoms with Crippen molar-refractivity contribution in [3.05, 3.63) is 82.3 Å². The maximum absolute atomic E-state index is 13.6. The van der Waals surface area contributed by atoms with E-state index in [1.807, 2.05) is 80.6 Å². The monoisotopic (exact) mass is 474 g/mol. The van der Waals surface area contributed by atoms with E-state index in [9.17, 15) is 4.79 Å². The summed E-state index contributed by atoms with van der Waals surface area (Å²) < 4.78 is 16.3. The van der Waals surface area contributed by atoms with E-state index < -0.39 is 0 Å². The van der Waals surface area contributed by atoms with E-state index in [1.54, 1.807) is 26.2 Å². The van der Waals surface area contributed by atoms with E-state index in [4.69, 9.17) is 19.2 Å². The van der Waals surface area contributed by atoms with Gasteiger partial charge < -0.3 is 14.2 Å². The topological polar surface area (TPSA) is 60.4 Å². The molecule has 0 bridgehead atoms. The second-order valence-electron chi connectivity index (χ2n) is 7.68. The van der Waals surface area contributed by atoms with E-state index in [-0.39, 0.29) is 5.91 Å². The average molecular weight is 475 g/mol. The van der Waals surface area contributed by atoms with Crippen LogP contribution in [0.2, 0.25) is 0 Å². The number of methoxy groups -OCH3 is 3. The molecule has 1 heterocycles. The number of hydrogen-bond acceptors (Lipinski definition) is 6. The number of rotatable bonds is 6. The summed E-state index contributed by atoms with van der Waals surface area (Å²) in [7, 11) is 4.69. The van der Waals surface area contributed by atoms with E-state index in [1.165, 1.54) is 11.8 Å². The summed E-state index contributed by atoms with van der Waals surface area (Å²) in [4.78, 5) is 20.7. The molecule has 0 unspecified atom stereocenters. The summed E-state index contributed by atoms with van der Waals surface area (Å²) in [5, 5.41) is 0.604. The Morgan fingerprint density at radius 1 is 0.853 bits per heavy atom. The molecule has 1 aliphatic heterocycles. The molecule has 1 amide bonds. The first kappa shape index (κ1) is 23.4. The van der Waals surface area contributed by atoms with Crippen molar-refractivity contribution >= 4 is 40.3 Å². The van der Waals surface area contributed by atoms with Gasteiger partial charge in [0.2, 0.25) is 5.75 Å². The highest BCUT2D eigenvalue weighted by Crippen LogP contribution is 2.42. The number of aliphatic imine (C=N–C) groups is 1. The van der Waals surface area contributed by atoms with Gasteiger partial charge >= 0.3 is 0 Å². The summed E-state index contributed by atoms with van der Waals surface area (Å²) >= 11 is 1.34. The zero-order chi connectivity index (χ0) is 24.2. The Morgan fingerprint density at radius 2 is 1.47 bits per heavy atom. The minimum absolute atomic E-state index is 0.144. The molecule has 174 valence electrons. The second-order valence-corrected chi connectivity index (χ2v) is 8.69. The zero-order valence-electron chi connectivity index (χ0n) is 19.8. The van der Waals surface area contributed by atoms with Crippen molar-refractivity contribution < 1.29 is 19.0 Å². The van der Waals surface area contributed by atoms with Gasteiger partial charge in [0, 0.05) is 0 Å². The molecule has 6 nitrogen and oxygen atoms in total. The van der Waals surface area contributed by atoms with E-state index in [0.717, 1.165) is 28.1 Å². The lowest BCUT2D eigenvalue weighted by atomic mass is 10.1. The van der Waals surface area contributed by atoms with Gasteiger partial charge in [0.05, 0.1) is 37.6 Å². The molecule has 34 heavy (non-hydrogen) atoms. The molecule has 4 rings (SSSR count). The fourth-order valence-corrected chi connectivity index (χ4v) is 4.75. The Balaban J connectivity index is 1.83. The number of aryl methyl sites for hydroxylation is 2. The fraction of sp³-hybridized carbons (Fsp3) is 0.185. The highest BCUT2D eigenvalue weighted by atomic mass is 32.2. The molecule has 7 heteroatoms. The minimum atomic E-state index is -0.144. The third kappa shape index (κ3) is 4.52. The summed E-state index contributed by atoms with van der Waals surface area (Å²) in [5.74, 6) is 1.40. The normalized spacial score (nSPS) is 15.8. The molecule has 0 N–H and O–H groups in total. The number of benzene rings is 3. The van der Waals surface area contributed by atoms with Gasteiger partial charge in [-0.2, -0.15) is 0 Å². The molecular weight excluding hydrogens is 448 g/mol. The van der Waals surface area contributed by atoms with Crippen LogP contribution in [0.1, 0.15) is 16.7 Å². The lowest BCUT2D eigenvalue weighted by molar-refractivity contribution is -0.113. The minimum Gasteiger partial charge on any atom is -0.493 e. The van der Waals surface area contributed by atoms with Crippen LogP contribution in [0.3, 0.4) is 0 Å². The van der Waals surface area contributed by atoms with Gasteiger partial charge in [-0.25, -0.2) is 4.99 Å².